The van der Waals surface area contributed by atoms with E-state index in [1.54, 1.807) is 6.92 Å². The smallest absolute Gasteiger partial charge is 0.333 e. The molecule has 1 aliphatic carbocycles. The molecule has 0 aliphatic heterocycles. The zero-order valence-electron chi connectivity index (χ0n) is 22.1. The number of ether oxygens (including phenoxy) is 5. The van der Waals surface area contributed by atoms with Gasteiger partial charge in [-0.05, 0) is 25.3 Å². The van der Waals surface area contributed by atoms with E-state index in [1.165, 1.54) is 16.7 Å². The van der Waals surface area contributed by atoms with Crippen molar-refractivity contribution < 1.29 is 28.5 Å². The lowest BCUT2D eigenvalue weighted by Crippen LogP contribution is -2.15. The van der Waals surface area contributed by atoms with E-state index < -0.39 is 5.97 Å². The molecule has 1 aliphatic rings. The van der Waals surface area contributed by atoms with Gasteiger partial charge in [-0.1, -0.05) is 73.3 Å². The zero-order chi connectivity index (χ0) is 26.6. The molecule has 0 radical (unpaired) electrons. The maximum absolute atomic E-state index is 11.3. The van der Waals surface area contributed by atoms with Crippen LogP contribution in [0, 0.1) is 0 Å². The number of esters is 1. The number of fused-ring (bicyclic) bond motifs is 2. The number of benzene rings is 3. The van der Waals surface area contributed by atoms with Crippen LogP contribution in [0.3, 0.4) is 0 Å². The summed E-state index contributed by atoms with van der Waals surface area (Å²) in [5.74, 6) is 1.47. The SMILES string of the molecule is C=C(C)C(=O)OCCOCCOCCOc1c2c(c(OCCc3ccccc3)c3ccccc13)CC=CC2. The first-order valence-corrected chi connectivity index (χ1v) is 13.1. The molecule has 0 saturated heterocycles. The summed E-state index contributed by atoms with van der Waals surface area (Å²) in [6.07, 6.45) is 6.90. The number of hydrogen-bond acceptors (Lipinski definition) is 6. The molecule has 6 heteroatoms. The molecule has 0 aromatic heterocycles. The highest BCUT2D eigenvalue weighted by Gasteiger charge is 2.22. The molecule has 0 heterocycles. The second-order valence-corrected chi connectivity index (χ2v) is 9.11. The van der Waals surface area contributed by atoms with Crippen molar-refractivity contribution in [2.75, 3.05) is 46.2 Å². The van der Waals surface area contributed by atoms with Crippen LogP contribution in [0.2, 0.25) is 0 Å². The number of allylic oxidation sites excluding steroid dienone is 2. The Morgan fingerprint density at radius 2 is 1.24 bits per heavy atom. The summed E-state index contributed by atoms with van der Waals surface area (Å²) in [5.41, 5.74) is 4.04. The van der Waals surface area contributed by atoms with Gasteiger partial charge in [-0.15, -0.1) is 0 Å². The third-order valence-electron chi connectivity index (χ3n) is 6.27. The average Bonchev–Trinajstić information content (AvgIpc) is 2.95. The summed E-state index contributed by atoms with van der Waals surface area (Å²) < 4.78 is 28.9. The summed E-state index contributed by atoms with van der Waals surface area (Å²) in [6.45, 7) is 8.05. The number of carbonyl (C=O) groups excluding carboxylic acids is 1. The Balaban J connectivity index is 1.31. The summed E-state index contributed by atoms with van der Waals surface area (Å²) in [7, 11) is 0. The monoisotopic (exact) mass is 516 g/mol. The molecule has 0 N–H and O–H groups in total. The molecule has 4 rings (SSSR count). The van der Waals surface area contributed by atoms with Gasteiger partial charge in [-0.3, -0.25) is 0 Å². The van der Waals surface area contributed by atoms with E-state index in [-0.39, 0.29) is 6.61 Å². The first-order valence-electron chi connectivity index (χ1n) is 13.1. The highest BCUT2D eigenvalue weighted by molar-refractivity contribution is 5.96. The summed E-state index contributed by atoms with van der Waals surface area (Å²) in [4.78, 5) is 11.3. The Labute approximate surface area is 224 Å². The quantitative estimate of drug-likeness (QED) is 0.113. The summed E-state index contributed by atoms with van der Waals surface area (Å²) >= 11 is 0. The van der Waals surface area contributed by atoms with E-state index in [2.05, 4.69) is 55.1 Å². The minimum atomic E-state index is -0.404. The van der Waals surface area contributed by atoms with E-state index >= 15 is 0 Å². The van der Waals surface area contributed by atoms with Crippen LogP contribution in [-0.4, -0.2) is 52.2 Å². The van der Waals surface area contributed by atoms with Crippen molar-refractivity contribution in [3.8, 4) is 11.5 Å². The van der Waals surface area contributed by atoms with Crippen LogP contribution in [0.25, 0.3) is 10.8 Å². The highest BCUT2D eigenvalue weighted by Crippen LogP contribution is 2.43. The normalized spacial score (nSPS) is 12.2. The average molecular weight is 517 g/mol. The van der Waals surface area contributed by atoms with Gasteiger partial charge in [0.2, 0.25) is 0 Å². The first-order chi connectivity index (χ1) is 18.6. The van der Waals surface area contributed by atoms with E-state index in [9.17, 15) is 4.79 Å². The van der Waals surface area contributed by atoms with E-state index in [0.717, 1.165) is 41.5 Å². The molecule has 0 saturated carbocycles. The van der Waals surface area contributed by atoms with Gasteiger partial charge in [0.25, 0.3) is 0 Å². The fourth-order valence-corrected chi connectivity index (χ4v) is 4.40. The van der Waals surface area contributed by atoms with Crippen molar-refractivity contribution >= 4 is 16.7 Å². The molecule has 6 nitrogen and oxygen atoms in total. The van der Waals surface area contributed by atoms with Crippen molar-refractivity contribution in [1.29, 1.82) is 0 Å². The van der Waals surface area contributed by atoms with Crippen LogP contribution >= 0.6 is 0 Å². The maximum atomic E-state index is 11.3. The zero-order valence-corrected chi connectivity index (χ0v) is 22.1. The Morgan fingerprint density at radius 1 is 0.711 bits per heavy atom. The van der Waals surface area contributed by atoms with E-state index in [1.807, 2.05) is 18.2 Å². The molecule has 0 unspecified atom stereocenters. The van der Waals surface area contributed by atoms with Gasteiger partial charge in [0, 0.05) is 33.9 Å². The third-order valence-corrected chi connectivity index (χ3v) is 6.27. The van der Waals surface area contributed by atoms with Crippen molar-refractivity contribution in [2.24, 2.45) is 0 Å². The van der Waals surface area contributed by atoms with Gasteiger partial charge < -0.3 is 23.7 Å². The topological polar surface area (TPSA) is 63.2 Å². The Morgan fingerprint density at radius 3 is 1.84 bits per heavy atom. The van der Waals surface area contributed by atoms with Crippen LogP contribution < -0.4 is 9.47 Å². The minimum Gasteiger partial charge on any atom is -0.492 e. The minimum absolute atomic E-state index is 0.202. The Bertz CT molecular complexity index is 1250. The molecule has 200 valence electrons. The van der Waals surface area contributed by atoms with Gasteiger partial charge in [0.15, 0.2) is 0 Å². The van der Waals surface area contributed by atoms with Crippen LogP contribution in [0.15, 0.2) is 78.9 Å². The van der Waals surface area contributed by atoms with Gasteiger partial charge in [0.05, 0.1) is 33.0 Å². The number of carbonyl (C=O) groups is 1. The fourth-order valence-electron chi connectivity index (χ4n) is 4.40. The summed E-state index contributed by atoms with van der Waals surface area (Å²) in [5, 5.41) is 2.13. The maximum Gasteiger partial charge on any atom is 0.333 e. The van der Waals surface area contributed by atoms with E-state index in [4.69, 9.17) is 23.7 Å². The highest BCUT2D eigenvalue weighted by atomic mass is 16.6. The van der Waals surface area contributed by atoms with Crippen LogP contribution in [0.5, 0.6) is 11.5 Å². The molecular formula is C32H36O6. The molecule has 0 bridgehead atoms. The van der Waals surface area contributed by atoms with E-state index in [0.29, 0.717) is 45.2 Å². The van der Waals surface area contributed by atoms with Crippen molar-refractivity contribution in [2.45, 2.75) is 26.2 Å². The van der Waals surface area contributed by atoms with Crippen molar-refractivity contribution in [3.05, 3.63) is 95.6 Å². The first kappa shape index (κ1) is 27.4. The van der Waals surface area contributed by atoms with Crippen LogP contribution in [0.1, 0.15) is 23.6 Å². The van der Waals surface area contributed by atoms with Gasteiger partial charge in [-0.2, -0.15) is 0 Å². The van der Waals surface area contributed by atoms with Crippen molar-refractivity contribution in [1.82, 2.24) is 0 Å². The molecule has 0 spiro atoms. The predicted molar refractivity (Wildman–Crippen MR) is 149 cm³/mol. The molecule has 3 aromatic rings. The molecule has 0 amide bonds. The predicted octanol–water partition coefficient (Wildman–Crippen LogP) is 5.65. The van der Waals surface area contributed by atoms with Crippen LogP contribution in [0.4, 0.5) is 0 Å². The lowest BCUT2D eigenvalue weighted by atomic mass is 9.90. The summed E-state index contributed by atoms with van der Waals surface area (Å²) in [6, 6.07) is 18.7. The van der Waals surface area contributed by atoms with Gasteiger partial charge >= 0.3 is 5.97 Å². The van der Waals surface area contributed by atoms with Crippen LogP contribution in [-0.2, 0) is 38.3 Å². The number of hydrogen-bond donors (Lipinski definition) is 0. The van der Waals surface area contributed by atoms with Gasteiger partial charge in [-0.25, -0.2) is 4.79 Å². The molecule has 0 atom stereocenters. The lowest BCUT2D eigenvalue weighted by Gasteiger charge is -2.23. The largest absolute Gasteiger partial charge is 0.492 e. The Kier molecular flexibility index (Phi) is 10.4. The second-order valence-electron chi connectivity index (χ2n) is 9.11. The number of rotatable bonds is 15. The molecule has 0 fully saturated rings. The molecular weight excluding hydrogens is 480 g/mol. The molecule has 38 heavy (non-hydrogen) atoms. The second kappa shape index (κ2) is 14.4. The standard InChI is InChI=1S/C32H36O6/c1-24(2)32(33)38-23-21-35-19-18-34-20-22-37-31-28-14-8-6-12-26(28)30(27-13-7-9-15-29(27)31)36-17-16-25-10-4-3-5-11-25/h3-12,14H,1,13,15-23H2,2H3. The Hall–Kier alpha value is -3.61. The van der Waals surface area contributed by atoms with Gasteiger partial charge in [0.1, 0.15) is 24.7 Å². The lowest BCUT2D eigenvalue weighted by molar-refractivity contribution is -0.140. The molecule has 3 aromatic carbocycles. The third kappa shape index (κ3) is 7.46. The van der Waals surface area contributed by atoms with Crippen molar-refractivity contribution in [3.63, 3.8) is 0 Å². The fraction of sp³-hybridized carbons (Fsp3) is 0.344.